The van der Waals surface area contributed by atoms with E-state index in [4.69, 9.17) is 0 Å². The lowest BCUT2D eigenvalue weighted by atomic mass is 10.1. The number of nitrogens with one attached hydrogen (secondary N) is 1. The van der Waals surface area contributed by atoms with Gasteiger partial charge in [0.2, 0.25) is 0 Å². The molecule has 114 valence electrons. The third kappa shape index (κ3) is 2.86. The van der Waals surface area contributed by atoms with Gasteiger partial charge in [0.25, 0.3) is 0 Å². The number of aryl methyl sites for hydroxylation is 1. The van der Waals surface area contributed by atoms with Gasteiger partial charge < -0.3 is 10.2 Å². The lowest BCUT2D eigenvalue weighted by molar-refractivity contribution is 0.541. The summed E-state index contributed by atoms with van der Waals surface area (Å²) in [5.41, 5.74) is 3.76. The molecule has 4 heterocycles. The number of aromatic nitrogens is 3. The number of rotatable bonds is 1. The fourth-order valence-electron chi connectivity index (χ4n) is 2.96. The van der Waals surface area contributed by atoms with Crippen LogP contribution in [0.1, 0.15) is 17.7 Å². The molecule has 5 nitrogen and oxygen atoms in total. The van der Waals surface area contributed by atoms with Crippen LogP contribution in [-0.4, -0.2) is 27.9 Å². The number of fused-ring (bicyclic) bond motifs is 2. The predicted octanol–water partition coefficient (Wildman–Crippen LogP) is 2.31. The van der Waals surface area contributed by atoms with Gasteiger partial charge in [0, 0.05) is 44.4 Å². The van der Waals surface area contributed by atoms with Crippen LogP contribution in [0.2, 0.25) is 0 Å². The van der Waals surface area contributed by atoms with Crippen molar-refractivity contribution in [2.24, 2.45) is 0 Å². The smallest absolute Gasteiger partial charge is 0.131 e. The Morgan fingerprint density at radius 2 is 2.10 bits per heavy atom. The van der Waals surface area contributed by atoms with Crippen molar-refractivity contribution in [1.29, 1.82) is 0 Å². The Morgan fingerprint density at radius 1 is 1.19 bits per heavy atom. The number of nitrogens with zero attached hydrogens (tertiary/aromatic N) is 4. The SMILES string of the molecule is Cl.Cl.c1cc2n(n1)CCCN2c1cnc2c(c1)CNCC2. The summed E-state index contributed by atoms with van der Waals surface area (Å²) in [4.78, 5) is 6.96. The normalized spacial score (nSPS) is 16.3. The van der Waals surface area contributed by atoms with Gasteiger partial charge in [-0.15, -0.1) is 24.8 Å². The molecule has 2 aliphatic rings. The van der Waals surface area contributed by atoms with Crippen LogP contribution in [0.25, 0.3) is 0 Å². The molecule has 2 aromatic heterocycles. The molecule has 1 N–H and O–H groups in total. The summed E-state index contributed by atoms with van der Waals surface area (Å²) in [6.07, 6.45) is 6.05. The first-order valence-corrected chi connectivity index (χ1v) is 6.90. The molecule has 0 unspecified atom stereocenters. The molecule has 0 aliphatic carbocycles. The van der Waals surface area contributed by atoms with Gasteiger partial charge in [-0.05, 0) is 18.1 Å². The third-order valence-electron chi connectivity index (χ3n) is 3.93. The minimum absolute atomic E-state index is 0. The molecule has 0 saturated carbocycles. The van der Waals surface area contributed by atoms with Crippen molar-refractivity contribution < 1.29 is 0 Å². The number of hydrogen-bond donors (Lipinski definition) is 1. The second-order valence-corrected chi connectivity index (χ2v) is 5.14. The van der Waals surface area contributed by atoms with E-state index in [9.17, 15) is 0 Å². The summed E-state index contributed by atoms with van der Waals surface area (Å²) in [6, 6.07) is 4.36. The quantitative estimate of drug-likeness (QED) is 0.873. The van der Waals surface area contributed by atoms with E-state index in [2.05, 4.69) is 37.1 Å². The van der Waals surface area contributed by atoms with Crippen molar-refractivity contribution in [3.8, 4) is 0 Å². The van der Waals surface area contributed by atoms with Crippen LogP contribution in [-0.2, 0) is 19.5 Å². The summed E-state index contributed by atoms with van der Waals surface area (Å²) in [5.74, 6) is 1.18. The first kappa shape index (κ1) is 16.1. The zero-order valence-electron chi connectivity index (χ0n) is 11.7. The Morgan fingerprint density at radius 3 is 3.00 bits per heavy atom. The Labute approximate surface area is 136 Å². The average Bonchev–Trinajstić information content (AvgIpc) is 2.95. The Kier molecular flexibility index (Phi) is 5.08. The molecule has 0 amide bonds. The first-order valence-electron chi connectivity index (χ1n) is 6.90. The Bertz CT molecular complexity index is 613. The first-order chi connectivity index (χ1) is 9.42. The minimum atomic E-state index is 0. The van der Waals surface area contributed by atoms with E-state index in [-0.39, 0.29) is 24.8 Å². The number of halogens is 2. The van der Waals surface area contributed by atoms with Crippen LogP contribution in [0.3, 0.4) is 0 Å². The molecule has 4 rings (SSSR count). The number of pyridine rings is 1. The fourth-order valence-corrected chi connectivity index (χ4v) is 2.96. The molecule has 0 spiro atoms. The maximum absolute atomic E-state index is 4.64. The third-order valence-corrected chi connectivity index (χ3v) is 3.93. The molecule has 2 aromatic rings. The fraction of sp³-hybridized carbons (Fsp3) is 0.429. The Balaban J connectivity index is 0.000000807. The van der Waals surface area contributed by atoms with E-state index in [1.807, 2.05) is 12.4 Å². The van der Waals surface area contributed by atoms with Gasteiger partial charge >= 0.3 is 0 Å². The second kappa shape index (κ2) is 6.64. The van der Waals surface area contributed by atoms with E-state index in [0.717, 1.165) is 39.0 Å². The van der Waals surface area contributed by atoms with Crippen molar-refractivity contribution in [2.45, 2.75) is 25.9 Å². The average molecular weight is 328 g/mol. The van der Waals surface area contributed by atoms with E-state index in [1.54, 1.807) is 0 Å². The molecule has 0 aromatic carbocycles. The highest BCUT2D eigenvalue weighted by Gasteiger charge is 2.20. The van der Waals surface area contributed by atoms with Crippen LogP contribution in [0, 0.1) is 0 Å². The highest BCUT2D eigenvalue weighted by atomic mass is 35.5. The Hall–Kier alpha value is -1.30. The molecule has 7 heteroatoms. The van der Waals surface area contributed by atoms with Crippen molar-refractivity contribution in [3.05, 3.63) is 35.8 Å². The zero-order chi connectivity index (χ0) is 12.7. The van der Waals surface area contributed by atoms with Crippen LogP contribution >= 0.6 is 24.8 Å². The zero-order valence-corrected chi connectivity index (χ0v) is 13.3. The maximum Gasteiger partial charge on any atom is 0.131 e. The van der Waals surface area contributed by atoms with Gasteiger partial charge in [0.05, 0.1) is 18.1 Å². The van der Waals surface area contributed by atoms with E-state index in [1.165, 1.54) is 22.8 Å². The van der Waals surface area contributed by atoms with Crippen molar-refractivity contribution in [2.75, 3.05) is 18.0 Å². The van der Waals surface area contributed by atoms with E-state index in [0.29, 0.717) is 0 Å². The molecular formula is C14H19Cl2N5. The maximum atomic E-state index is 4.64. The molecular weight excluding hydrogens is 309 g/mol. The molecule has 0 saturated heterocycles. The van der Waals surface area contributed by atoms with Crippen molar-refractivity contribution in [1.82, 2.24) is 20.1 Å². The number of hydrogen-bond acceptors (Lipinski definition) is 4. The summed E-state index contributed by atoms with van der Waals surface area (Å²) < 4.78 is 2.07. The summed E-state index contributed by atoms with van der Waals surface area (Å²) in [7, 11) is 0. The largest absolute Gasteiger partial charge is 0.325 e. The van der Waals surface area contributed by atoms with Gasteiger partial charge in [-0.3, -0.25) is 4.98 Å². The molecule has 0 fully saturated rings. The molecule has 0 atom stereocenters. The standard InChI is InChI=1S/C14H17N5.2ClH/c1-6-18(14-3-5-17-19(14)7-1)12-8-11-9-15-4-2-13(11)16-10-12;;/h3,5,8,10,15H,1-2,4,6-7,9H2;2*1H. The summed E-state index contributed by atoms with van der Waals surface area (Å²) in [5, 5.41) is 7.77. The van der Waals surface area contributed by atoms with Crippen molar-refractivity contribution >= 4 is 36.3 Å². The second-order valence-electron chi connectivity index (χ2n) is 5.14. The summed E-state index contributed by atoms with van der Waals surface area (Å²) in [6.45, 7) is 4.03. The molecule has 0 radical (unpaired) electrons. The van der Waals surface area contributed by atoms with Crippen LogP contribution in [0.15, 0.2) is 24.5 Å². The highest BCUT2D eigenvalue weighted by molar-refractivity contribution is 5.85. The van der Waals surface area contributed by atoms with E-state index < -0.39 is 0 Å². The van der Waals surface area contributed by atoms with Gasteiger partial charge in [-0.25, -0.2) is 4.68 Å². The highest BCUT2D eigenvalue weighted by Crippen LogP contribution is 2.29. The predicted molar refractivity (Wildman–Crippen MR) is 88.0 cm³/mol. The van der Waals surface area contributed by atoms with Crippen molar-refractivity contribution in [3.63, 3.8) is 0 Å². The monoisotopic (exact) mass is 327 g/mol. The van der Waals surface area contributed by atoms with Gasteiger partial charge in [-0.2, -0.15) is 5.10 Å². The topological polar surface area (TPSA) is 46.0 Å². The van der Waals surface area contributed by atoms with Gasteiger partial charge in [0.1, 0.15) is 5.82 Å². The van der Waals surface area contributed by atoms with Crippen LogP contribution < -0.4 is 10.2 Å². The lowest BCUT2D eigenvalue weighted by Gasteiger charge is -2.30. The molecule has 21 heavy (non-hydrogen) atoms. The summed E-state index contributed by atoms with van der Waals surface area (Å²) >= 11 is 0. The number of anilines is 2. The minimum Gasteiger partial charge on any atom is -0.325 e. The van der Waals surface area contributed by atoms with Gasteiger partial charge in [0.15, 0.2) is 0 Å². The van der Waals surface area contributed by atoms with E-state index >= 15 is 0 Å². The molecule has 0 bridgehead atoms. The van der Waals surface area contributed by atoms with Gasteiger partial charge in [-0.1, -0.05) is 0 Å². The molecule has 2 aliphatic heterocycles. The lowest BCUT2D eigenvalue weighted by Crippen LogP contribution is -2.29. The van der Waals surface area contributed by atoms with Crippen LogP contribution in [0.4, 0.5) is 11.5 Å². The van der Waals surface area contributed by atoms with Crippen LogP contribution in [0.5, 0.6) is 0 Å².